The summed E-state index contributed by atoms with van der Waals surface area (Å²) in [5.41, 5.74) is 2.35. The Morgan fingerprint density at radius 1 is 1.35 bits per heavy atom. The number of amides is 1. The van der Waals surface area contributed by atoms with E-state index in [2.05, 4.69) is 15.5 Å². The molecule has 2 aromatic rings. The molecule has 1 N–H and O–H groups in total. The first-order valence-corrected chi connectivity index (χ1v) is 6.68. The van der Waals surface area contributed by atoms with E-state index in [1.807, 2.05) is 0 Å². The van der Waals surface area contributed by atoms with Gasteiger partial charge in [0.2, 0.25) is 5.09 Å². The molecule has 2 aromatic heterocycles. The quantitative estimate of drug-likeness (QED) is 0.492. The van der Waals surface area contributed by atoms with Crippen LogP contribution in [-0.4, -0.2) is 30.1 Å². The van der Waals surface area contributed by atoms with Gasteiger partial charge in [-0.05, 0) is 24.3 Å². The van der Waals surface area contributed by atoms with E-state index in [1.165, 1.54) is 18.3 Å². The van der Waals surface area contributed by atoms with Crippen LogP contribution in [0.2, 0.25) is 0 Å². The fraction of sp³-hybridized carbons (Fsp3) is 0. The van der Waals surface area contributed by atoms with Gasteiger partial charge >= 0.3 is 0 Å². The number of carbonyl (C=O) groups is 1. The number of nitrogens with zero attached hydrogens (tertiary/aromatic N) is 2. The largest absolute Gasteiger partial charge is 0.742 e. The molecule has 1 amide bonds. The molecule has 0 unspecified atom stereocenters. The topological polar surface area (TPSA) is 125 Å². The van der Waals surface area contributed by atoms with Crippen molar-refractivity contribution in [2.24, 2.45) is 5.10 Å². The number of pyridine rings is 1. The van der Waals surface area contributed by atoms with Crippen LogP contribution >= 0.6 is 0 Å². The first-order valence-electron chi connectivity index (χ1n) is 5.27. The van der Waals surface area contributed by atoms with E-state index in [1.54, 1.807) is 12.1 Å². The fourth-order valence-electron chi connectivity index (χ4n) is 1.25. The van der Waals surface area contributed by atoms with E-state index < -0.39 is 21.1 Å². The van der Waals surface area contributed by atoms with Gasteiger partial charge in [0.05, 0.1) is 6.21 Å². The summed E-state index contributed by atoms with van der Waals surface area (Å²) < 4.78 is 36.6. The van der Waals surface area contributed by atoms with E-state index in [4.69, 9.17) is 4.42 Å². The Bertz CT molecular complexity index is 736. The summed E-state index contributed by atoms with van der Waals surface area (Å²) in [5.74, 6) is -0.522. The van der Waals surface area contributed by atoms with Crippen LogP contribution in [0.5, 0.6) is 0 Å². The molecule has 8 nitrogen and oxygen atoms in total. The number of hydrogen-bond acceptors (Lipinski definition) is 7. The van der Waals surface area contributed by atoms with Crippen LogP contribution in [0.3, 0.4) is 0 Å². The van der Waals surface area contributed by atoms with Crippen molar-refractivity contribution >= 4 is 22.2 Å². The molecule has 0 fully saturated rings. The second-order valence-electron chi connectivity index (χ2n) is 3.53. The Morgan fingerprint density at radius 2 is 2.15 bits per heavy atom. The van der Waals surface area contributed by atoms with Gasteiger partial charge in [-0.1, -0.05) is 6.07 Å². The summed E-state index contributed by atoms with van der Waals surface area (Å²) in [5, 5.41) is 2.85. The highest BCUT2D eigenvalue weighted by atomic mass is 32.2. The van der Waals surface area contributed by atoms with Crippen LogP contribution in [-0.2, 0) is 10.1 Å². The van der Waals surface area contributed by atoms with Crippen LogP contribution in [0, 0.1) is 0 Å². The third kappa shape index (κ3) is 3.49. The highest BCUT2D eigenvalue weighted by molar-refractivity contribution is 7.85. The van der Waals surface area contributed by atoms with Crippen LogP contribution in [0.25, 0.3) is 0 Å². The number of nitrogens with one attached hydrogen (secondary N) is 1. The first-order chi connectivity index (χ1) is 9.47. The van der Waals surface area contributed by atoms with Gasteiger partial charge in [-0.15, -0.1) is 0 Å². The molecule has 9 heteroatoms. The summed E-state index contributed by atoms with van der Waals surface area (Å²) in [6.07, 6.45) is 2.52. The lowest BCUT2D eigenvalue weighted by molar-refractivity contribution is 0.0950. The molecule has 0 atom stereocenters. The Kier molecular flexibility index (Phi) is 3.91. The SMILES string of the molecule is O=C(N/N=C\c1ccc(S(=O)(=O)[O-])o1)c1ccccn1. The molecule has 2 heterocycles. The van der Waals surface area contributed by atoms with Crippen molar-refractivity contribution in [1.82, 2.24) is 10.4 Å². The molecule has 104 valence electrons. The molecular weight excluding hydrogens is 286 g/mol. The van der Waals surface area contributed by atoms with Crippen molar-refractivity contribution < 1.29 is 22.2 Å². The minimum atomic E-state index is -4.64. The van der Waals surface area contributed by atoms with Crippen molar-refractivity contribution in [2.45, 2.75) is 5.09 Å². The van der Waals surface area contributed by atoms with Crippen LogP contribution in [0.1, 0.15) is 16.2 Å². The van der Waals surface area contributed by atoms with Gasteiger partial charge in [-0.3, -0.25) is 9.78 Å². The number of carbonyl (C=O) groups excluding carboxylic acids is 1. The minimum absolute atomic E-state index is 0.0146. The maximum Gasteiger partial charge on any atom is 0.289 e. The summed E-state index contributed by atoms with van der Waals surface area (Å²) in [7, 11) is -4.64. The molecule has 0 bridgehead atoms. The minimum Gasteiger partial charge on any atom is -0.742 e. The smallest absolute Gasteiger partial charge is 0.289 e. The summed E-state index contributed by atoms with van der Waals surface area (Å²) >= 11 is 0. The second kappa shape index (κ2) is 5.63. The van der Waals surface area contributed by atoms with Gasteiger partial charge in [0.25, 0.3) is 5.91 Å². The zero-order valence-electron chi connectivity index (χ0n) is 9.89. The zero-order valence-corrected chi connectivity index (χ0v) is 10.7. The van der Waals surface area contributed by atoms with Crippen LogP contribution < -0.4 is 5.43 Å². The molecule has 0 aliphatic carbocycles. The standard InChI is InChI=1S/C11H9N3O5S/c15-11(9-3-1-2-6-12-9)14-13-7-8-4-5-10(19-8)20(16,17)18/h1-7H,(H,14,15)(H,16,17,18)/p-1/b13-7-. The molecule has 2 rings (SSSR count). The lowest BCUT2D eigenvalue weighted by Crippen LogP contribution is -2.18. The lowest BCUT2D eigenvalue weighted by atomic mass is 10.3. The van der Waals surface area contributed by atoms with Gasteiger partial charge in [0.1, 0.15) is 11.5 Å². The molecular formula is C11H8N3O5S-. The highest BCUT2D eigenvalue weighted by Gasteiger charge is 2.07. The summed E-state index contributed by atoms with van der Waals surface area (Å²) in [6, 6.07) is 7.04. The molecule has 0 saturated carbocycles. The highest BCUT2D eigenvalue weighted by Crippen LogP contribution is 2.11. The van der Waals surface area contributed by atoms with Crippen molar-refractivity contribution in [3.05, 3.63) is 48.0 Å². The monoisotopic (exact) mass is 294 g/mol. The van der Waals surface area contributed by atoms with Crippen LogP contribution in [0.4, 0.5) is 0 Å². The predicted octanol–water partition coefficient (Wildman–Crippen LogP) is 0.343. The Balaban J connectivity index is 2.01. The molecule has 0 radical (unpaired) electrons. The third-order valence-corrected chi connectivity index (χ3v) is 2.82. The Labute approximate surface area is 113 Å². The average Bonchev–Trinajstić information content (AvgIpc) is 2.88. The first kappa shape index (κ1) is 13.9. The fourth-order valence-corrected chi connectivity index (χ4v) is 1.68. The van der Waals surface area contributed by atoms with Crippen molar-refractivity contribution in [3.63, 3.8) is 0 Å². The normalized spacial score (nSPS) is 11.7. The number of hydrazone groups is 1. The van der Waals surface area contributed by atoms with Gasteiger partial charge in [-0.25, -0.2) is 13.8 Å². The molecule has 0 aliphatic heterocycles. The van der Waals surface area contributed by atoms with Crippen molar-refractivity contribution in [3.8, 4) is 0 Å². The zero-order chi connectivity index (χ0) is 14.6. The van der Waals surface area contributed by atoms with Gasteiger partial charge in [0, 0.05) is 6.20 Å². The van der Waals surface area contributed by atoms with Gasteiger partial charge in [0.15, 0.2) is 10.1 Å². The number of hydrogen-bond donors (Lipinski definition) is 1. The van der Waals surface area contributed by atoms with E-state index in [9.17, 15) is 17.8 Å². The molecule has 0 spiro atoms. The number of rotatable bonds is 4. The Hall–Kier alpha value is -2.52. The third-order valence-electron chi connectivity index (χ3n) is 2.10. The molecule has 20 heavy (non-hydrogen) atoms. The predicted molar refractivity (Wildman–Crippen MR) is 66.0 cm³/mol. The lowest BCUT2D eigenvalue weighted by Gasteiger charge is -2.00. The maximum absolute atomic E-state index is 11.5. The van der Waals surface area contributed by atoms with E-state index in [0.717, 1.165) is 12.3 Å². The summed E-state index contributed by atoms with van der Waals surface area (Å²) in [4.78, 5) is 15.3. The molecule has 0 aromatic carbocycles. The van der Waals surface area contributed by atoms with E-state index in [-0.39, 0.29) is 11.5 Å². The van der Waals surface area contributed by atoms with Gasteiger partial charge < -0.3 is 8.97 Å². The van der Waals surface area contributed by atoms with Crippen LogP contribution in [0.15, 0.2) is 51.1 Å². The van der Waals surface area contributed by atoms with E-state index >= 15 is 0 Å². The maximum atomic E-state index is 11.5. The van der Waals surface area contributed by atoms with Gasteiger partial charge in [-0.2, -0.15) is 5.10 Å². The van der Waals surface area contributed by atoms with Crippen molar-refractivity contribution in [2.75, 3.05) is 0 Å². The van der Waals surface area contributed by atoms with Crippen molar-refractivity contribution in [1.29, 1.82) is 0 Å². The number of aromatic nitrogens is 1. The molecule has 0 saturated heterocycles. The second-order valence-corrected chi connectivity index (χ2v) is 4.84. The summed E-state index contributed by atoms with van der Waals surface area (Å²) in [6.45, 7) is 0. The number of furan rings is 1. The van der Waals surface area contributed by atoms with E-state index in [0.29, 0.717) is 0 Å². The average molecular weight is 294 g/mol. The Morgan fingerprint density at radius 3 is 2.75 bits per heavy atom. The molecule has 0 aliphatic rings.